The highest BCUT2D eigenvalue weighted by Crippen LogP contribution is 2.25. The minimum absolute atomic E-state index is 0.194. The van der Waals surface area contributed by atoms with Gasteiger partial charge >= 0.3 is 0 Å². The van der Waals surface area contributed by atoms with E-state index >= 15 is 0 Å². The Hall–Kier alpha value is -1.38. The second-order valence-corrected chi connectivity index (χ2v) is 4.02. The van der Waals surface area contributed by atoms with Crippen molar-refractivity contribution in [3.8, 4) is 0 Å². The zero-order chi connectivity index (χ0) is 11.0. The van der Waals surface area contributed by atoms with E-state index in [1.165, 1.54) is 6.07 Å². The van der Waals surface area contributed by atoms with Crippen LogP contribution < -0.4 is 0 Å². The van der Waals surface area contributed by atoms with Crippen LogP contribution in [0.3, 0.4) is 0 Å². The molecule has 0 aliphatic carbocycles. The van der Waals surface area contributed by atoms with Crippen molar-refractivity contribution in [3.63, 3.8) is 0 Å². The highest BCUT2D eigenvalue weighted by molar-refractivity contribution is 5.82. The van der Waals surface area contributed by atoms with Gasteiger partial charge in [0.1, 0.15) is 5.82 Å². The summed E-state index contributed by atoms with van der Waals surface area (Å²) in [6, 6.07) is 4.86. The quantitative estimate of drug-likeness (QED) is 0.737. The average molecular weight is 206 g/mol. The normalized spacial score (nSPS) is 11.5. The summed E-state index contributed by atoms with van der Waals surface area (Å²) in [5, 5.41) is 5.44. The van der Waals surface area contributed by atoms with E-state index in [0.717, 1.165) is 23.1 Å². The van der Waals surface area contributed by atoms with Gasteiger partial charge in [0, 0.05) is 11.9 Å². The third kappa shape index (κ3) is 1.62. The summed E-state index contributed by atoms with van der Waals surface area (Å²) in [6.07, 6.45) is 0. The third-order valence-electron chi connectivity index (χ3n) is 2.59. The summed E-state index contributed by atoms with van der Waals surface area (Å²) in [6.45, 7) is 7.01. The summed E-state index contributed by atoms with van der Waals surface area (Å²) in [7, 11) is 0. The molecule has 2 nitrogen and oxygen atoms in total. The lowest BCUT2D eigenvalue weighted by Crippen LogP contribution is -1.97. The van der Waals surface area contributed by atoms with Crippen molar-refractivity contribution in [1.82, 2.24) is 9.78 Å². The predicted octanol–water partition coefficient (Wildman–Crippen LogP) is 3.32. The molecule has 2 rings (SSSR count). The van der Waals surface area contributed by atoms with E-state index in [-0.39, 0.29) is 5.82 Å². The fourth-order valence-electron chi connectivity index (χ4n) is 1.84. The maximum atomic E-state index is 13.2. The van der Waals surface area contributed by atoms with Crippen molar-refractivity contribution in [2.24, 2.45) is 0 Å². The third-order valence-corrected chi connectivity index (χ3v) is 2.59. The van der Waals surface area contributed by atoms with Crippen LogP contribution in [-0.4, -0.2) is 9.78 Å². The lowest BCUT2D eigenvalue weighted by atomic mass is 10.1. The number of rotatable bonds is 2. The lowest BCUT2D eigenvalue weighted by molar-refractivity contribution is 0.629. The minimum Gasteiger partial charge on any atom is -0.265 e. The van der Waals surface area contributed by atoms with Crippen LogP contribution in [0.1, 0.15) is 32.4 Å². The molecule has 0 spiro atoms. The van der Waals surface area contributed by atoms with Gasteiger partial charge in [-0.2, -0.15) is 5.10 Å². The van der Waals surface area contributed by atoms with Gasteiger partial charge in [-0.25, -0.2) is 4.39 Å². The number of hydrogen-bond donors (Lipinski definition) is 0. The van der Waals surface area contributed by atoms with Gasteiger partial charge in [-0.05, 0) is 31.0 Å². The average Bonchev–Trinajstić information content (AvgIpc) is 2.55. The molecule has 0 amide bonds. The van der Waals surface area contributed by atoms with Gasteiger partial charge in [0.25, 0.3) is 0 Å². The van der Waals surface area contributed by atoms with Crippen molar-refractivity contribution in [1.29, 1.82) is 0 Å². The summed E-state index contributed by atoms with van der Waals surface area (Å²) >= 11 is 0. The van der Waals surface area contributed by atoms with Gasteiger partial charge in [-0.1, -0.05) is 13.8 Å². The molecule has 0 bridgehead atoms. The molecule has 1 aromatic heterocycles. The molecule has 0 N–H and O–H groups in total. The topological polar surface area (TPSA) is 17.8 Å². The van der Waals surface area contributed by atoms with Crippen molar-refractivity contribution in [3.05, 3.63) is 29.7 Å². The number of fused-ring (bicyclic) bond motifs is 1. The molecule has 3 heteroatoms. The van der Waals surface area contributed by atoms with Gasteiger partial charge in [-0.15, -0.1) is 0 Å². The van der Waals surface area contributed by atoms with Gasteiger partial charge in [0.15, 0.2) is 0 Å². The van der Waals surface area contributed by atoms with E-state index in [1.54, 1.807) is 12.1 Å². The summed E-state index contributed by atoms with van der Waals surface area (Å²) < 4.78 is 15.1. The summed E-state index contributed by atoms with van der Waals surface area (Å²) in [4.78, 5) is 0. The van der Waals surface area contributed by atoms with E-state index in [9.17, 15) is 4.39 Å². The Morgan fingerprint density at radius 2 is 2.13 bits per heavy atom. The highest BCUT2D eigenvalue weighted by Gasteiger charge is 2.12. The van der Waals surface area contributed by atoms with Crippen molar-refractivity contribution in [2.75, 3.05) is 0 Å². The second-order valence-electron chi connectivity index (χ2n) is 4.02. The first-order chi connectivity index (χ1) is 7.13. The largest absolute Gasteiger partial charge is 0.265 e. The fraction of sp³-hybridized carbons (Fsp3) is 0.417. The summed E-state index contributed by atoms with van der Waals surface area (Å²) in [5.74, 6) is 0.127. The van der Waals surface area contributed by atoms with Gasteiger partial charge in [-0.3, -0.25) is 4.68 Å². The van der Waals surface area contributed by atoms with E-state index in [4.69, 9.17) is 0 Å². The first kappa shape index (κ1) is 10.1. The summed E-state index contributed by atoms with van der Waals surface area (Å²) in [5.41, 5.74) is 1.99. The van der Waals surface area contributed by atoms with Crippen LogP contribution in [0.25, 0.3) is 10.9 Å². The number of aromatic nitrogens is 2. The molecule has 80 valence electrons. The van der Waals surface area contributed by atoms with E-state index in [2.05, 4.69) is 18.9 Å². The maximum Gasteiger partial charge on any atom is 0.124 e. The van der Waals surface area contributed by atoms with Crippen LogP contribution in [0, 0.1) is 5.82 Å². The lowest BCUT2D eigenvalue weighted by Gasteiger charge is -1.99. The molecule has 1 aromatic carbocycles. The fourth-order valence-corrected chi connectivity index (χ4v) is 1.84. The molecule has 1 heterocycles. The first-order valence-electron chi connectivity index (χ1n) is 5.29. The van der Waals surface area contributed by atoms with Crippen LogP contribution >= 0.6 is 0 Å². The van der Waals surface area contributed by atoms with Crippen LogP contribution in [0.4, 0.5) is 4.39 Å². The second kappa shape index (κ2) is 3.65. The molecule has 0 saturated carbocycles. The molecule has 0 aliphatic rings. The van der Waals surface area contributed by atoms with Crippen LogP contribution in [0.5, 0.6) is 0 Å². The molecule has 0 aliphatic heterocycles. The van der Waals surface area contributed by atoms with Crippen LogP contribution in [-0.2, 0) is 6.54 Å². The molecule has 2 aromatic rings. The highest BCUT2D eigenvalue weighted by atomic mass is 19.1. The first-order valence-corrected chi connectivity index (χ1v) is 5.29. The smallest absolute Gasteiger partial charge is 0.124 e. The molecule has 0 radical (unpaired) electrons. The number of hydrogen-bond acceptors (Lipinski definition) is 1. The Labute approximate surface area is 88.7 Å². The molecular formula is C12H15FN2. The standard InChI is InChI=1S/C12H15FN2/c1-4-15-11-6-5-9(13)7-10(11)12(14-15)8(2)3/h5-8H,4H2,1-3H3. The Balaban J connectivity index is 2.76. The van der Waals surface area contributed by atoms with Crippen molar-refractivity contribution in [2.45, 2.75) is 33.2 Å². The molecule has 0 atom stereocenters. The predicted molar refractivity (Wildman–Crippen MR) is 59.5 cm³/mol. The molecule has 0 fully saturated rings. The number of halogens is 1. The van der Waals surface area contributed by atoms with E-state index < -0.39 is 0 Å². The molecule has 0 saturated heterocycles. The minimum atomic E-state index is -0.194. The Bertz CT molecular complexity index is 486. The number of nitrogens with zero attached hydrogens (tertiary/aromatic N) is 2. The van der Waals surface area contributed by atoms with Crippen molar-refractivity contribution >= 4 is 10.9 Å². The van der Waals surface area contributed by atoms with E-state index in [1.807, 2.05) is 11.6 Å². The SMILES string of the molecule is CCn1nc(C(C)C)c2cc(F)ccc21. The Morgan fingerprint density at radius 1 is 1.40 bits per heavy atom. The Kier molecular flexibility index (Phi) is 2.47. The van der Waals surface area contributed by atoms with Crippen molar-refractivity contribution < 1.29 is 4.39 Å². The van der Waals surface area contributed by atoms with E-state index in [0.29, 0.717) is 5.92 Å². The Morgan fingerprint density at radius 3 is 2.73 bits per heavy atom. The van der Waals surface area contributed by atoms with Crippen LogP contribution in [0.2, 0.25) is 0 Å². The van der Waals surface area contributed by atoms with Crippen LogP contribution in [0.15, 0.2) is 18.2 Å². The molecular weight excluding hydrogens is 191 g/mol. The number of benzene rings is 1. The van der Waals surface area contributed by atoms with Gasteiger partial charge in [0.05, 0.1) is 11.2 Å². The van der Waals surface area contributed by atoms with Gasteiger partial charge < -0.3 is 0 Å². The van der Waals surface area contributed by atoms with Gasteiger partial charge in [0.2, 0.25) is 0 Å². The molecule has 0 unspecified atom stereocenters. The zero-order valence-corrected chi connectivity index (χ0v) is 9.29. The monoisotopic (exact) mass is 206 g/mol. The maximum absolute atomic E-state index is 13.2. The zero-order valence-electron chi connectivity index (χ0n) is 9.29. The number of aryl methyl sites for hydroxylation is 1. The molecule has 15 heavy (non-hydrogen) atoms.